The molecule has 0 bridgehead atoms. The van der Waals surface area contributed by atoms with Gasteiger partial charge in [0.1, 0.15) is 4.83 Å². The van der Waals surface area contributed by atoms with Crippen LogP contribution in [-0.2, 0) is 4.79 Å². The molecule has 58 valence electrons. The zero-order valence-corrected chi connectivity index (χ0v) is 7.41. The molecular formula is C8H8BrNO. The summed E-state index contributed by atoms with van der Waals surface area (Å²) in [7, 11) is 0. The molecule has 0 aliphatic carbocycles. The maximum absolute atomic E-state index is 10.7. The number of rotatable bonds is 2. The van der Waals surface area contributed by atoms with Crippen molar-refractivity contribution >= 4 is 21.8 Å². The number of carbonyl (C=O) groups excluding carboxylic acids is 1. The van der Waals surface area contributed by atoms with Crippen molar-refractivity contribution in [2.75, 3.05) is 0 Å². The van der Waals surface area contributed by atoms with Crippen molar-refractivity contribution < 1.29 is 4.79 Å². The van der Waals surface area contributed by atoms with Gasteiger partial charge < -0.3 is 5.73 Å². The van der Waals surface area contributed by atoms with Gasteiger partial charge in [-0.05, 0) is 5.56 Å². The topological polar surface area (TPSA) is 43.1 Å². The van der Waals surface area contributed by atoms with Gasteiger partial charge in [-0.1, -0.05) is 46.3 Å². The van der Waals surface area contributed by atoms with Gasteiger partial charge in [0.15, 0.2) is 0 Å². The highest BCUT2D eigenvalue weighted by molar-refractivity contribution is 9.09. The molecule has 0 aromatic heterocycles. The van der Waals surface area contributed by atoms with Crippen molar-refractivity contribution in [2.24, 2.45) is 5.73 Å². The van der Waals surface area contributed by atoms with E-state index in [4.69, 9.17) is 5.73 Å². The fourth-order valence-electron chi connectivity index (χ4n) is 0.786. The summed E-state index contributed by atoms with van der Waals surface area (Å²) >= 11 is 3.18. The number of benzene rings is 1. The van der Waals surface area contributed by atoms with Crippen LogP contribution in [0, 0.1) is 0 Å². The molecule has 0 unspecified atom stereocenters. The molecule has 1 amide bonds. The summed E-state index contributed by atoms with van der Waals surface area (Å²) in [6.07, 6.45) is 0. The van der Waals surface area contributed by atoms with Crippen LogP contribution in [0.3, 0.4) is 0 Å². The first kappa shape index (κ1) is 8.27. The van der Waals surface area contributed by atoms with E-state index in [9.17, 15) is 4.79 Å². The summed E-state index contributed by atoms with van der Waals surface area (Å²) in [5, 5.41) is 0. The lowest BCUT2D eigenvalue weighted by Crippen LogP contribution is -2.16. The second-order valence-electron chi connectivity index (χ2n) is 2.18. The molecule has 0 spiro atoms. The average Bonchev–Trinajstić information content (AvgIpc) is 2.05. The van der Waals surface area contributed by atoms with Crippen LogP contribution in [0.25, 0.3) is 0 Å². The number of alkyl halides is 1. The zero-order valence-electron chi connectivity index (χ0n) is 5.83. The van der Waals surface area contributed by atoms with Crippen molar-refractivity contribution in [2.45, 2.75) is 4.83 Å². The molecule has 3 heteroatoms. The van der Waals surface area contributed by atoms with Gasteiger partial charge in [0.2, 0.25) is 5.91 Å². The van der Waals surface area contributed by atoms with Crippen molar-refractivity contribution in [3.63, 3.8) is 0 Å². The summed E-state index contributed by atoms with van der Waals surface area (Å²) in [4.78, 5) is 10.3. The first-order valence-corrected chi connectivity index (χ1v) is 4.11. The third kappa shape index (κ3) is 2.05. The van der Waals surface area contributed by atoms with E-state index in [2.05, 4.69) is 15.9 Å². The summed E-state index contributed by atoms with van der Waals surface area (Å²) in [5.74, 6) is -0.365. The van der Waals surface area contributed by atoms with Gasteiger partial charge in [-0.3, -0.25) is 4.79 Å². The Labute approximate surface area is 73.5 Å². The Balaban J connectivity index is 2.85. The fraction of sp³-hybridized carbons (Fsp3) is 0.125. The summed E-state index contributed by atoms with van der Waals surface area (Å²) < 4.78 is 0. The number of hydrogen-bond donors (Lipinski definition) is 1. The third-order valence-corrected chi connectivity index (χ3v) is 2.32. The average molecular weight is 214 g/mol. The second kappa shape index (κ2) is 3.53. The maximum atomic E-state index is 10.7. The zero-order chi connectivity index (χ0) is 8.27. The van der Waals surface area contributed by atoms with Crippen LogP contribution in [0.5, 0.6) is 0 Å². The molecule has 11 heavy (non-hydrogen) atoms. The van der Waals surface area contributed by atoms with Crippen LogP contribution in [0.2, 0.25) is 0 Å². The molecule has 0 aliphatic rings. The first-order valence-electron chi connectivity index (χ1n) is 3.20. The molecular weight excluding hydrogens is 206 g/mol. The Hall–Kier alpha value is -0.830. The molecule has 2 N–H and O–H groups in total. The van der Waals surface area contributed by atoms with E-state index in [1.165, 1.54) is 0 Å². The minimum atomic E-state index is -0.372. The molecule has 2 nitrogen and oxygen atoms in total. The van der Waals surface area contributed by atoms with Crippen molar-refractivity contribution in [1.82, 2.24) is 0 Å². The van der Waals surface area contributed by atoms with E-state index in [0.717, 1.165) is 5.56 Å². The number of primary amides is 1. The van der Waals surface area contributed by atoms with Gasteiger partial charge in [-0.25, -0.2) is 0 Å². The second-order valence-corrected chi connectivity index (χ2v) is 3.09. The van der Waals surface area contributed by atoms with E-state index in [1.54, 1.807) is 0 Å². The van der Waals surface area contributed by atoms with Crippen molar-refractivity contribution in [3.05, 3.63) is 35.9 Å². The van der Waals surface area contributed by atoms with Gasteiger partial charge in [-0.2, -0.15) is 0 Å². The summed E-state index contributed by atoms with van der Waals surface area (Å²) in [5.41, 5.74) is 5.97. The van der Waals surface area contributed by atoms with Crippen LogP contribution in [0.15, 0.2) is 30.3 Å². The Kier molecular flexibility index (Phi) is 2.65. The fourth-order valence-corrected chi connectivity index (χ4v) is 1.09. The summed E-state index contributed by atoms with van der Waals surface area (Å²) in [6.45, 7) is 0. The highest BCUT2D eigenvalue weighted by Crippen LogP contribution is 2.20. The Bertz CT molecular complexity index is 248. The number of nitrogens with two attached hydrogens (primary N) is 1. The molecule has 1 aromatic rings. The SMILES string of the molecule is NC(=O)[C@@H](Br)c1ccccc1. The van der Waals surface area contributed by atoms with Crippen molar-refractivity contribution in [3.8, 4) is 0 Å². The number of amides is 1. The van der Waals surface area contributed by atoms with Crippen LogP contribution >= 0.6 is 15.9 Å². The molecule has 1 atom stereocenters. The quantitative estimate of drug-likeness (QED) is 0.746. The molecule has 0 aliphatic heterocycles. The standard InChI is InChI=1S/C8H8BrNO/c9-7(8(10)11)6-4-2-1-3-5-6/h1-5,7H,(H2,10,11)/t7-/m0/s1. The van der Waals surface area contributed by atoms with Gasteiger partial charge in [0, 0.05) is 0 Å². The van der Waals surface area contributed by atoms with E-state index in [0.29, 0.717) is 0 Å². The van der Waals surface area contributed by atoms with E-state index < -0.39 is 0 Å². The molecule has 0 radical (unpaired) electrons. The lowest BCUT2D eigenvalue weighted by Gasteiger charge is -2.03. The molecule has 0 saturated carbocycles. The molecule has 1 aromatic carbocycles. The number of hydrogen-bond acceptors (Lipinski definition) is 1. The largest absolute Gasteiger partial charge is 0.368 e. The number of halogens is 1. The van der Waals surface area contributed by atoms with Gasteiger partial charge in [0.05, 0.1) is 0 Å². The van der Waals surface area contributed by atoms with Crippen LogP contribution in [0.1, 0.15) is 10.4 Å². The van der Waals surface area contributed by atoms with Crippen molar-refractivity contribution in [1.29, 1.82) is 0 Å². The third-order valence-electron chi connectivity index (χ3n) is 1.34. The van der Waals surface area contributed by atoms with E-state index in [1.807, 2.05) is 30.3 Å². The van der Waals surface area contributed by atoms with Gasteiger partial charge >= 0.3 is 0 Å². The maximum Gasteiger partial charge on any atom is 0.235 e. The molecule has 1 rings (SSSR count). The van der Waals surface area contributed by atoms with Crippen LogP contribution in [0.4, 0.5) is 0 Å². The predicted molar refractivity (Wildman–Crippen MR) is 47.3 cm³/mol. The minimum Gasteiger partial charge on any atom is -0.368 e. The minimum absolute atomic E-state index is 0.365. The smallest absolute Gasteiger partial charge is 0.235 e. The summed E-state index contributed by atoms with van der Waals surface area (Å²) in [6, 6.07) is 9.33. The lowest BCUT2D eigenvalue weighted by molar-refractivity contribution is -0.117. The monoisotopic (exact) mass is 213 g/mol. The highest BCUT2D eigenvalue weighted by atomic mass is 79.9. The Morgan fingerprint density at radius 3 is 2.36 bits per heavy atom. The normalized spacial score (nSPS) is 12.5. The first-order chi connectivity index (χ1) is 5.22. The van der Waals surface area contributed by atoms with Gasteiger partial charge in [-0.15, -0.1) is 0 Å². The molecule has 0 heterocycles. The van der Waals surface area contributed by atoms with E-state index >= 15 is 0 Å². The van der Waals surface area contributed by atoms with Gasteiger partial charge in [0.25, 0.3) is 0 Å². The number of carbonyl (C=O) groups is 1. The van der Waals surface area contributed by atoms with Crippen LogP contribution in [-0.4, -0.2) is 5.91 Å². The lowest BCUT2D eigenvalue weighted by atomic mass is 10.1. The Morgan fingerprint density at radius 2 is 1.91 bits per heavy atom. The Morgan fingerprint density at radius 1 is 1.36 bits per heavy atom. The predicted octanol–water partition coefficient (Wildman–Crippen LogP) is 1.61. The molecule has 0 saturated heterocycles. The highest BCUT2D eigenvalue weighted by Gasteiger charge is 2.11. The molecule has 0 fully saturated rings. The van der Waals surface area contributed by atoms with Crippen LogP contribution < -0.4 is 5.73 Å². The van der Waals surface area contributed by atoms with E-state index in [-0.39, 0.29) is 10.7 Å².